The zero-order valence-corrected chi connectivity index (χ0v) is 10.5. The normalized spacial score (nSPS) is 14.5. The molecule has 3 heteroatoms. The lowest BCUT2D eigenvalue weighted by molar-refractivity contribution is -0.123. The summed E-state index contributed by atoms with van der Waals surface area (Å²) >= 11 is 0. The molecule has 0 radical (unpaired) electrons. The maximum atomic E-state index is 12.0. The zero-order valence-electron chi connectivity index (χ0n) is 10.5. The molecule has 1 aliphatic rings. The molecule has 17 heavy (non-hydrogen) atoms. The van der Waals surface area contributed by atoms with E-state index in [1.54, 1.807) is 0 Å². The summed E-state index contributed by atoms with van der Waals surface area (Å²) in [6.07, 6.45) is 3.51. The number of nitrogens with two attached hydrogens (primary N) is 1. The van der Waals surface area contributed by atoms with E-state index in [2.05, 4.69) is 17.4 Å². The Bertz CT molecular complexity index is 438. The predicted molar refractivity (Wildman–Crippen MR) is 69.9 cm³/mol. The first-order valence-electron chi connectivity index (χ1n) is 6.16. The molecule has 0 aliphatic heterocycles. The van der Waals surface area contributed by atoms with Crippen LogP contribution in [0.2, 0.25) is 0 Å². The van der Waals surface area contributed by atoms with Gasteiger partial charge in [-0.3, -0.25) is 4.79 Å². The summed E-state index contributed by atoms with van der Waals surface area (Å²) in [6.45, 7) is 4.06. The lowest BCUT2D eigenvalue weighted by atomic mass is 9.92. The van der Waals surface area contributed by atoms with Crippen molar-refractivity contribution in [2.45, 2.75) is 33.1 Å². The lowest BCUT2D eigenvalue weighted by Crippen LogP contribution is -2.37. The number of carbonyl (C=O) groups excluding carboxylic acids is 1. The first-order valence-corrected chi connectivity index (χ1v) is 6.16. The van der Waals surface area contributed by atoms with E-state index in [0.717, 1.165) is 18.5 Å². The van der Waals surface area contributed by atoms with Gasteiger partial charge in [0.2, 0.25) is 5.91 Å². The Morgan fingerprint density at radius 2 is 2.06 bits per heavy atom. The number of hydrogen-bond donors (Lipinski definition) is 2. The van der Waals surface area contributed by atoms with Gasteiger partial charge < -0.3 is 11.1 Å². The van der Waals surface area contributed by atoms with E-state index in [1.165, 1.54) is 17.5 Å². The summed E-state index contributed by atoms with van der Waals surface area (Å²) in [7, 11) is 0. The molecule has 3 N–H and O–H groups in total. The SMILES string of the molecule is CC(C)(CN)C(=O)Nc1ccc2c(c1)CCC2. The molecular weight excluding hydrogens is 212 g/mol. The van der Waals surface area contributed by atoms with E-state index in [1.807, 2.05) is 19.9 Å². The van der Waals surface area contributed by atoms with Crippen LogP contribution in [-0.2, 0) is 17.6 Å². The van der Waals surface area contributed by atoms with Gasteiger partial charge in [0.1, 0.15) is 0 Å². The third-order valence-electron chi connectivity index (χ3n) is 3.48. The van der Waals surface area contributed by atoms with E-state index in [-0.39, 0.29) is 5.91 Å². The van der Waals surface area contributed by atoms with Crippen LogP contribution in [0.3, 0.4) is 0 Å². The number of hydrogen-bond acceptors (Lipinski definition) is 2. The van der Waals surface area contributed by atoms with Crippen molar-refractivity contribution in [1.82, 2.24) is 0 Å². The Balaban J connectivity index is 2.12. The highest BCUT2D eigenvalue weighted by Gasteiger charge is 2.25. The number of amides is 1. The van der Waals surface area contributed by atoms with Gasteiger partial charge in [0, 0.05) is 12.2 Å². The lowest BCUT2D eigenvalue weighted by Gasteiger charge is -2.21. The van der Waals surface area contributed by atoms with Crippen LogP contribution >= 0.6 is 0 Å². The van der Waals surface area contributed by atoms with Crippen molar-refractivity contribution in [1.29, 1.82) is 0 Å². The van der Waals surface area contributed by atoms with Crippen molar-refractivity contribution in [3.8, 4) is 0 Å². The molecule has 1 amide bonds. The van der Waals surface area contributed by atoms with Crippen molar-refractivity contribution < 1.29 is 4.79 Å². The van der Waals surface area contributed by atoms with Gasteiger partial charge in [-0.1, -0.05) is 6.07 Å². The van der Waals surface area contributed by atoms with Crippen LogP contribution < -0.4 is 11.1 Å². The standard InChI is InChI=1S/C14H20N2O/c1-14(2,9-15)13(17)16-12-7-6-10-4-3-5-11(10)8-12/h6-8H,3-5,9,15H2,1-2H3,(H,16,17). The molecule has 0 saturated heterocycles. The Labute approximate surface area is 102 Å². The molecule has 0 unspecified atom stereocenters. The number of nitrogens with one attached hydrogen (secondary N) is 1. The van der Waals surface area contributed by atoms with E-state index < -0.39 is 5.41 Å². The van der Waals surface area contributed by atoms with Crippen LogP contribution in [0.25, 0.3) is 0 Å². The average Bonchev–Trinajstić information content (AvgIpc) is 2.76. The summed E-state index contributed by atoms with van der Waals surface area (Å²) in [4.78, 5) is 12.0. The van der Waals surface area contributed by atoms with Crippen LogP contribution in [0.15, 0.2) is 18.2 Å². The summed E-state index contributed by atoms with van der Waals surface area (Å²) in [5, 5.41) is 2.94. The minimum Gasteiger partial charge on any atom is -0.329 e. The van der Waals surface area contributed by atoms with E-state index in [0.29, 0.717) is 6.54 Å². The molecule has 0 spiro atoms. The van der Waals surface area contributed by atoms with Crippen LogP contribution in [0.4, 0.5) is 5.69 Å². The number of aryl methyl sites for hydroxylation is 2. The maximum Gasteiger partial charge on any atom is 0.231 e. The van der Waals surface area contributed by atoms with E-state index >= 15 is 0 Å². The fourth-order valence-electron chi connectivity index (χ4n) is 2.04. The van der Waals surface area contributed by atoms with Crippen molar-refractivity contribution in [2.24, 2.45) is 11.1 Å². The van der Waals surface area contributed by atoms with Crippen molar-refractivity contribution in [3.05, 3.63) is 29.3 Å². The Kier molecular flexibility index (Phi) is 3.20. The quantitative estimate of drug-likeness (QED) is 0.838. The van der Waals surface area contributed by atoms with Gasteiger partial charge in [-0.25, -0.2) is 0 Å². The molecule has 0 heterocycles. The second-order valence-electron chi connectivity index (χ2n) is 5.38. The van der Waals surface area contributed by atoms with E-state index in [4.69, 9.17) is 5.73 Å². The number of rotatable bonds is 3. The van der Waals surface area contributed by atoms with Crippen molar-refractivity contribution in [2.75, 3.05) is 11.9 Å². The fourth-order valence-corrected chi connectivity index (χ4v) is 2.04. The molecule has 1 aliphatic carbocycles. The summed E-state index contributed by atoms with van der Waals surface area (Å²) < 4.78 is 0. The molecule has 0 atom stereocenters. The highest BCUT2D eigenvalue weighted by atomic mass is 16.2. The molecule has 0 aromatic heterocycles. The smallest absolute Gasteiger partial charge is 0.231 e. The summed E-state index contributed by atoms with van der Waals surface area (Å²) in [5.41, 5.74) is 8.75. The molecule has 1 aromatic carbocycles. The van der Waals surface area contributed by atoms with Gasteiger partial charge in [0.15, 0.2) is 0 Å². The van der Waals surface area contributed by atoms with Gasteiger partial charge in [0.05, 0.1) is 5.41 Å². The molecule has 3 nitrogen and oxygen atoms in total. The van der Waals surface area contributed by atoms with Crippen molar-refractivity contribution in [3.63, 3.8) is 0 Å². The molecule has 2 rings (SSSR count). The van der Waals surface area contributed by atoms with E-state index in [9.17, 15) is 4.79 Å². The molecule has 0 bridgehead atoms. The molecule has 0 saturated carbocycles. The van der Waals surface area contributed by atoms with Crippen LogP contribution in [-0.4, -0.2) is 12.5 Å². The number of anilines is 1. The van der Waals surface area contributed by atoms with Gasteiger partial charge in [-0.05, 0) is 56.4 Å². The second kappa shape index (κ2) is 4.49. The first kappa shape index (κ1) is 12.1. The summed E-state index contributed by atoms with van der Waals surface area (Å²) in [5.74, 6) is -0.0158. The molecule has 0 fully saturated rings. The van der Waals surface area contributed by atoms with Gasteiger partial charge in [-0.15, -0.1) is 0 Å². The number of fused-ring (bicyclic) bond motifs is 1. The summed E-state index contributed by atoms with van der Waals surface area (Å²) in [6, 6.07) is 6.19. The minimum atomic E-state index is -0.515. The first-order chi connectivity index (χ1) is 8.03. The topological polar surface area (TPSA) is 55.1 Å². The minimum absolute atomic E-state index is 0.0158. The Hall–Kier alpha value is -1.35. The highest BCUT2D eigenvalue weighted by molar-refractivity contribution is 5.95. The van der Waals surface area contributed by atoms with Gasteiger partial charge in [0.25, 0.3) is 0 Å². The average molecular weight is 232 g/mol. The number of benzene rings is 1. The molecular formula is C14H20N2O. The van der Waals surface area contributed by atoms with Crippen molar-refractivity contribution >= 4 is 11.6 Å². The Morgan fingerprint density at radius 3 is 2.76 bits per heavy atom. The number of carbonyl (C=O) groups is 1. The predicted octanol–water partition coefficient (Wildman–Crippen LogP) is 2.10. The monoisotopic (exact) mass is 232 g/mol. The Morgan fingerprint density at radius 1 is 1.35 bits per heavy atom. The third-order valence-corrected chi connectivity index (χ3v) is 3.48. The second-order valence-corrected chi connectivity index (χ2v) is 5.38. The maximum absolute atomic E-state index is 12.0. The van der Waals surface area contributed by atoms with Gasteiger partial charge in [-0.2, -0.15) is 0 Å². The fraction of sp³-hybridized carbons (Fsp3) is 0.500. The van der Waals surface area contributed by atoms with Crippen LogP contribution in [0.5, 0.6) is 0 Å². The van der Waals surface area contributed by atoms with Crippen LogP contribution in [0.1, 0.15) is 31.4 Å². The zero-order chi connectivity index (χ0) is 12.5. The molecule has 1 aromatic rings. The molecule has 92 valence electrons. The third kappa shape index (κ3) is 2.50. The highest BCUT2D eigenvalue weighted by Crippen LogP contribution is 2.25. The largest absolute Gasteiger partial charge is 0.329 e. The van der Waals surface area contributed by atoms with Crippen LogP contribution in [0, 0.1) is 5.41 Å². The van der Waals surface area contributed by atoms with Gasteiger partial charge >= 0.3 is 0 Å².